The fourth-order valence-electron chi connectivity index (χ4n) is 1.70. The van der Waals surface area contributed by atoms with Crippen molar-refractivity contribution in [2.75, 3.05) is 5.73 Å². The van der Waals surface area contributed by atoms with Gasteiger partial charge in [-0.05, 0) is 32.9 Å². The maximum atomic E-state index is 13.7. The molecule has 0 aliphatic carbocycles. The van der Waals surface area contributed by atoms with Crippen molar-refractivity contribution in [2.45, 2.75) is 26.3 Å². The number of carbonyl (C=O) groups excluding carboxylic acids is 1. The Hall–Kier alpha value is -1.62. The predicted octanol–water partition coefficient (Wildman–Crippen LogP) is 3.15. The van der Waals surface area contributed by atoms with E-state index in [0.717, 1.165) is 0 Å². The molecule has 3 N–H and O–H groups in total. The summed E-state index contributed by atoms with van der Waals surface area (Å²) in [5.74, 6) is -0.656. The molecular formula is C13H15FN2OS. The highest BCUT2D eigenvalue weighted by Gasteiger charge is 2.22. The number of hydrogen-bond acceptors (Lipinski definition) is 3. The molecule has 1 aromatic heterocycles. The third-order valence-electron chi connectivity index (χ3n) is 2.40. The fraction of sp³-hybridized carbons (Fsp3) is 0.308. The number of nitrogen functional groups attached to an aromatic ring is 1. The molecule has 0 fully saturated rings. The van der Waals surface area contributed by atoms with Gasteiger partial charge in [0.15, 0.2) is 0 Å². The number of nitrogens with one attached hydrogen (secondary N) is 1. The van der Waals surface area contributed by atoms with Crippen LogP contribution < -0.4 is 11.1 Å². The third-order valence-corrected chi connectivity index (χ3v) is 3.57. The lowest BCUT2D eigenvalue weighted by molar-refractivity contribution is 0.0924. The SMILES string of the molecule is CC(C)(C)NC(=O)c1sc2cccc(F)c2c1N. The van der Waals surface area contributed by atoms with Crippen LogP contribution in [0, 0.1) is 5.82 Å². The number of hydrogen-bond donors (Lipinski definition) is 2. The van der Waals surface area contributed by atoms with Crippen LogP contribution in [0.5, 0.6) is 0 Å². The Morgan fingerprint density at radius 3 is 2.61 bits per heavy atom. The van der Waals surface area contributed by atoms with E-state index in [9.17, 15) is 9.18 Å². The van der Waals surface area contributed by atoms with Gasteiger partial charge in [0.25, 0.3) is 5.91 Å². The van der Waals surface area contributed by atoms with Crippen LogP contribution in [-0.4, -0.2) is 11.4 Å². The number of halogens is 1. The largest absolute Gasteiger partial charge is 0.397 e. The van der Waals surface area contributed by atoms with Crippen LogP contribution in [0.3, 0.4) is 0 Å². The summed E-state index contributed by atoms with van der Waals surface area (Å²) < 4.78 is 14.3. The first-order valence-electron chi connectivity index (χ1n) is 5.58. The van der Waals surface area contributed by atoms with E-state index in [4.69, 9.17) is 5.73 Å². The molecule has 0 aliphatic heterocycles. The maximum absolute atomic E-state index is 13.7. The molecule has 0 unspecified atom stereocenters. The molecule has 2 rings (SSSR count). The van der Waals surface area contributed by atoms with Gasteiger partial charge < -0.3 is 11.1 Å². The van der Waals surface area contributed by atoms with Gasteiger partial charge in [0, 0.05) is 10.2 Å². The smallest absolute Gasteiger partial charge is 0.263 e. The number of fused-ring (bicyclic) bond motifs is 1. The Balaban J connectivity index is 2.50. The van der Waals surface area contributed by atoms with Gasteiger partial charge in [0.05, 0.1) is 11.1 Å². The van der Waals surface area contributed by atoms with Crippen molar-refractivity contribution in [2.24, 2.45) is 0 Å². The van der Waals surface area contributed by atoms with Crippen molar-refractivity contribution in [3.05, 3.63) is 28.9 Å². The van der Waals surface area contributed by atoms with Crippen LogP contribution in [0.15, 0.2) is 18.2 Å². The molecule has 0 saturated heterocycles. The second-order valence-electron chi connectivity index (χ2n) is 5.16. The summed E-state index contributed by atoms with van der Waals surface area (Å²) >= 11 is 1.21. The normalized spacial score (nSPS) is 11.8. The van der Waals surface area contributed by atoms with E-state index >= 15 is 0 Å². The van der Waals surface area contributed by atoms with E-state index < -0.39 is 5.82 Å². The number of thiophene rings is 1. The molecule has 0 radical (unpaired) electrons. The van der Waals surface area contributed by atoms with Gasteiger partial charge in [-0.2, -0.15) is 0 Å². The topological polar surface area (TPSA) is 55.1 Å². The summed E-state index contributed by atoms with van der Waals surface area (Å²) in [4.78, 5) is 12.4. The summed E-state index contributed by atoms with van der Waals surface area (Å²) in [6.07, 6.45) is 0. The van der Waals surface area contributed by atoms with E-state index in [0.29, 0.717) is 15.0 Å². The van der Waals surface area contributed by atoms with E-state index in [1.54, 1.807) is 12.1 Å². The van der Waals surface area contributed by atoms with Crippen LogP contribution in [0.25, 0.3) is 10.1 Å². The number of amides is 1. The van der Waals surface area contributed by atoms with E-state index in [-0.39, 0.29) is 17.1 Å². The average molecular weight is 266 g/mol. The van der Waals surface area contributed by atoms with E-state index in [2.05, 4.69) is 5.32 Å². The van der Waals surface area contributed by atoms with Crippen molar-refractivity contribution in [3.63, 3.8) is 0 Å². The summed E-state index contributed by atoms with van der Waals surface area (Å²) in [6.45, 7) is 5.65. The van der Waals surface area contributed by atoms with Gasteiger partial charge >= 0.3 is 0 Å². The summed E-state index contributed by atoms with van der Waals surface area (Å²) in [7, 11) is 0. The maximum Gasteiger partial charge on any atom is 0.263 e. The molecule has 0 saturated carbocycles. The monoisotopic (exact) mass is 266 g/mol. The molecule has 2 aromatic rings. The molecule has 96 valence electrons. The minimum atomic E-state index is -0.393. The number of benzene rings is 1. The Bertz CT molecular complexity index is 613. The van der Waals surface area contributed by atoms with Crippen molar-refractivity contribution >= 4 is 33.0 Å². The van der Waals surface area contributed by atoms with Gasteiger partial charge in [-0.15, -0.1) is 11.3 Å². The van der Waals surface area contributed by atoms with Crippen LogP contribution in [0.2, 0.25) is 0 Å². The molecule has 0 bridgehead atoms. The molecule has 0 aliphatic rings. The summed E-state index contributed by atoms with van der Waals surface area (Å²) in [5, 5.41) is 3.16. The zero-order valence-corrected chi connectivity index (χ0v) is 11.3. The summed E-state index contributed by atoms with van der Waals surface area (Å²) in [6, 6.07) is 4.71. The molecule has 18 heavy (non-hydrogen) atoms. The highest BCUT2D eigenvalue weighted by atomic mass is 32.1. The molecule has 0 atom stereocenters. The quantitative estimate of drug-likeness (QED) is 0.833. The van der Waals surface area contributed by atoms with Gasteiger partial charge in [-0.3, -0.25) is 4.79 Å². The molecule has 1 aromatic carbocycles. The number of anilines is 1. The van der Waals surface area contributed by atoms with E-state index in [1.165, 1.54) is 17.4 Å². The minimum absolute atomic E-state index is 0.217. The first-order chi connectivity index (χ1) is 8.29. The average Bonchev–Trinajstić information content (AvgIpc) is 2.55. The van der Waals surface area contributed by atoms with Gasteiger partial charge in [0.2, 0.25) is 0 Å². The second-order valence-corrected chi connectivity index (χ2v) is 6.21. The lowest BCUT2D eigenvalue weighted by Gasteiger charge is -2.20. The lowest BCUT2D eigenvalue weighted by atomic mass is 10.1. The molecule has 1 amide bonds. The number of carbonyl (C=O) groups is 1. The second kappa shape index (κ2) is 4.24. The summed E-state index contributed by atoms with van der Waals surface area (Å²) in [5.41, 5.74) is 5.74. The standard InChI is InChI=1S/C13H15FN2OS/c1-13(2,3)16-12(17)11-10(15)9-7(14)5-4-6-8(9)18-11/h4-6H,15H2,1-3H3,(H,16,17). The van der Waals surface area contributed by atoms with Crippen molar-refractivity contribution < 1.29 is 9.18 Å². The molecular weight excluding hydrogens is 251 g/mol. The predicted molar refractivity (Wildman–Crippen MR) is 73.4 cm³/mol. The first-order valence-corrected chi connectivity index (χ1v) is 6.40. The highest BCUT2D eigenvalue weighted by molar-refractivity contribution is 7.21. The Morgan fingerprint density at radius 1 is 1.39 bits per heavy atom. The molecule has 3 nitrogen and oxygen atoms in total. The number of nitrogens with two attached hydrogens (primary N) is 1. The van der Waals surface area contributed by atoms with Crippen molar-refractivity contribution in [1.82, 2.24) is 5.32 Å². The lowest BCUT2D eigenvalue weighted by Crippen LogP contribution is -2.40. The van der Waals surface area contributed by atoms with Gasteiger partial charge in [-0.25, -0.2) is 4.39 Å². The Morgan fingerprint density at radius 2 is 2.06 bits per heavy atom. The zero-order valence-electron chi connectivity index (χ0n) is 10.5. The Labute approximate surface area is 109 Å². The zero-order chi connectivity index (χ0) is 13.5. The third kappa shape index (κ3) is 2.31. The van der Waals surface area contributed by atoms with Crippen LogP contribution >= 0.6 is 11.3 Å². The molecule has 5 heteroatoms. The van der Waals surface area contributed by atoms with Crippen LogP contribution in [-0.2, 0) is 0 Å². The first kappa shape index (κ1) is 12.8. The van der Waals surface area contributed by atoms with Crippen LogP contribution in [0.1, 0.15) is 30.4 Å². The fourth-order valence-corrected chi connectivity index (χ4v) is 2.73. The van der Waals surface area contributed by atoms with Gasteiger partial charge in [-0.1, -0.05) is 6.07 Å². The van der Waals surface area contributed by atoms with Crippen molar-refractivity contribution in [1.29, 1.82) is 0 Å². The highest BCUT2D eigenvalue weighted by Crippen LogP contribution is 2.35. The minimum Gasteiger partial charge on any atom is -0.397 e. The van der Waals surface area contributed by atoms with E-state index in [1.807, 2.05) is 20.8 Å². The Kier molecular flexibility index (Phi) is 3.02. The number of rotatable bonds is 1. The van der Waals surface area contributed by atoms with Gasteiger partial charge in [0.1, 0.15) is 10.7 Å². The molecule has 0 spiro atoms. The van der Waals surface area contributed by atoms with Crippen LogP contribution in [0.4, 0.5) is 10.1 Å². The molecule has 1 heterocycles. The van der Waals surface area contributed by atoms with Crippen molar-refractivity contribution in [3.8, 4) is 0 Å².